The number of fused-ring (bicyclic) bond motifs is 2. The number of rotatable bonds is 7. The highest BCUT2D eigenvalue weighted by Gasteiger charge is 2.40. The van der Waals surface area contributed by atoms with Crippen LogP contribution in [0, 0.1) is 0 Å². The second-order valence-electron chi connectivity index (χ2n) is 10.7. The monoisotopic (exact) mass is 653 g/mol. The Morgan fingerprint density at radius 1 is 0.950 bits per heavy atom. The first-order chi connectivity index (χ1) is 18.7. The summed E-state index contributed by atoms with van der Waals surface area (Å²) < 4.78 is 57.6. The number of benzene rings is 1. The van der Waals surface area contributed by atoms with Gasteiger partial charge in [0.1, 0.15) is 9.79 Å². The third-order valence-electron chi connectivity index (χ3n) is 7.34. The molecule has 5 rings (SSSR count). The Morgan fingerprint density at radius 3 is 2.00 bits per heavy atom. The lowest BCUT2D eigenvalue weighted by Crippen LogP contribution is -2.41. The normalized spacial score (nSPS) is 15.1. The molecule has 40 heavy (non-hydrogen) atoms. The molecule has 216 valence electrons. The van der Waals surface area contributed by atoms with Gasteiger partial charge in [-0.05, 0) is 88.5 Å². The van der Waals surface area contributed by atoms with Gasteiger partial charge in [0.2, 0.25) is 10.0 Å². The number of nitrogens with zero attached hydrogens (tertiary/aromatic N) is 5. The van der Waals surface area contributed by atoms with Crippen molar-refractivity contribution in [3.8, 4) is 0 Å². The van der Waals surface area contributed by atoms with Crippen molar-refractivity contribution in [2.24, 2.45) is 5.14 Å². The molecule has 0 spiro atoms. The zero-order chi connectivity index (χ0) is 29.1. The van der Waals surface area contributed by atoms with Gasteiger partial charge in [0.25, 0.3) is 10.0 Å². The molecule has 3 aromatic rings. The van der Waals surface area contributed by atoms with Crippen molar-refractivity contribution in [1.29, 1.82) is 0 Å². The van der Waals surface area contributed by atoms with Crippen LogP contribution in [-0.4, -0.2) is 42.4 Å². The lowest BCUT2D eigenvalue weighted by Gasteiger charge is -2.24. The minimum Gasteiger partial charge on any atom is -0.306 e. The van der Waals surface area contributed by atoms with Crippen LogP contribution >= 0.6 is 15.9 Å². The highest BCUT2D eigenvalue weighted by molar-refractivity contribution is 9.10. The quantitative estimate of drug-likeness (QED) is 0.388. The van der Waals surface area contributed by atoms with Gasteiger partial charge in [-0.1, -0.05) is 15.9 Å². The van der Waals surface area contributed by atoms with Gasteiger partial charge < -0.3 is 5.32 Å². The topological polar surface area (TPSA) is 162 Å². The Hall–Kier alpha value is -2.75. The molecular weight excluding hydrogens is 622 g/mol. The highest BCUT2D eigenvalue weighted by Crippen LogP contribution is 2.44. The maximum atomic E-state index is 14.1. The van der Waals surface area contributed by atoms with Gasteiger partial charge in [-0.25, -0.2) is 26.8 Å². The standard InChI is InChI=1S/C25H32BrN7O5S2/c1-14(2)31-12-16(11-28-31)40(37,38)33(24-21(39(27,35)36)13-32(30-24)15(3)4)25(34)29-23-19-9-5-7-17(19)22(26)18-8-6-10-20(18)23/h11-15H,5-10H2,1-4H3,(H,29,34)(H2,27,35,36). The van der Waals surface area contributed by atoms with Crippen molar-refractivity contribution in [2.75, 3.05) is 9.62 Å². The number of aromatic nitrogens is 4. The summed E-state index contributed by atoms with van der Waals surface area (Å²) in [6, 6.07) is -1.55. The first kappa shape index (κ1) is 28.8. The molecule has 15 heteroatoms. The first-order valence-electron chi connectivity index (χ1n) is 13.1. The van der Waals surface area contributed by atoms with Crippen molar-refractivity contribution in [3.63, 3.8) is 0 Å². The summed E-state index contributed by atoms with van der Waals surface area (Å²) >= 11 is 3.75. The molecule has 2 aromatic heterocycles. The SMILES string of the molecule is CC(C)n1cc(S(=O)(=O)N(C(=O)Nc2c3c(c(Br)c4c2CCC4)CCC3)c2nn(C(C)C)cc2S(N)(=O)=O)cn1. The van der Waals surface area contributed by atoms with E-state index in [4.69, 9.17) is 5.14 Å². The van der Waals surface area contributed by atoms with Gasteiger partial charge in [-0.3, -0.25) is 9.36 Å². The fourth-order valence-corrected chi connectivity index (χ4v) is 8.16. The number of hydrogen-bond acceptors (Lipinski definition) is 7. The number of hydrogen-bond donors (Lipinski definition) is 2. The molecule has 0 bridgehead atoms. The van der Waals surface area contributed by atoms with Crippen molar-refractivity contribution in [1.82, 2.24) is 19.6 Å². The largest absolute Gasteiger partial charge is 0.341 e. The Balaban J connectivity index is 1.70. The van der Waals surface area contributed by atoms with E-state index in [1.54, 1.807) is 13.8 Å². The van der Waals surface area contributed by atoms with Crippen LogP contribution in [0.25, 0.3) is 0 Å². The molecule has 1 aromatic carbocycles. The predicted molar refractivity (Wildman–Crippen MR) is 153 cm³/mol. The van der Waals surface area contributed by atoms with Gasteiger partial charge in [0.05, 0.1) is 6.20 Å². The Morgan fingerprint density at radius 2 is 1.50 bits per heavy atom. The molecule has 2 aliphatic carbocycles. The van der Waals surface area contributed by atoms with Crippen molar-refractivity contribution in [2.45, 2.75) is 88.1 Å². The molecule has 0 saturated heterocycles. The van der Waals surface area contributed by atoms with Crippen molar-refractivity contribution in [3.05, 3.63) is 45.3 Å². The molecule has 2 heterocycles. The highest BCUT2D eigenvalue weighted by atomic mass is 79.9. The fourth-order valence-electron chi connectivity index (χ4n) is 5.33. The number of nitrogens with one attached hydrogen (secondary N) is 1. The second kappa shape index (κ2) is 10.3. The first-order valence-corrected chi connectivity index (χ1v) is 16.9. The second-order valence-corrected chi connectivity index (χ2v) is 14.8. The van der Waals surface area contributed by atoms with E-state index in [1.165, 1.54) is 15.6 Å². The van der Waals surface area contributed by atoms with Crippen LogP contribution in [-0.2, 0) is 45.7 Å². The van der Waals surface area contributed by atoms with Crippen LogP contribution in [0.3, 0.4) is 0 Å². The van der Waals surface area contributed by atoms with Crippen LogP contribution in [0.2, 0.25) is 0 Å². The molecule has 2 aliphatic rings. The zero-order valence-electron chi connectivity index (χ0n) is 22.7. The van der Waals surface area contributed by atoms with Gasteiger partial charge in [0, 0.05) is 34.6 Å². The van der Waals surface area contributed by atoms with E-state index in [0.717, 1.165) is 77.6 Å². The van der Waals surface area contributed by atoms with E-state index in [1.807, 2.05) is 13.8 Å². The number of urea groups is 1. The minimum atomic E-state index is -4.68. The van der Waals surface area contributed by atoms with E-state index in [2.05, 4.69) is 31.4 Å². The molecular formula is C25H32BrN7O5S2. The molecule has 0 fully saturated rings. The summed E-state index contributed by atoms with van der Waals surface area (Å²) in [5, 5.41) is 16.7. The summed E-state index contributed by atoms with van der Waals surface area (Å²) in [4.78, 5) is 13.3. The fraction of sp³-hybridized carbons (Fsp3) is 0.480. The number of halogens is 1. The van der Waals surface area contributed by atoms with Crippen LogP contribution in [0.5, 0.6) is 0 Å². The van der Waals surface area contributed by atoms with Gasteiger partial charge in [-0.2, -0.15) is 14.5 Å². The molecule has 12 nitrogen and oxygen atoms in total. The summed E-state index contributed by atoms with van der Waals surface area (Å²) in [7, 11) is -9.15. The van der Waals surface area contributed by atoms with Crippen LogP contribution in [0.15, 0.2) is 32.9 Å². The van der Waals surface area contributed by atoms with Crippen LogP contribution in [0.1, 0.15) is 74.9 Å². The molecule has 0 atom stereocenters. The van der Waals surface area contributed by atoms with E-state index >= 15 is 0 Å². The summed E-state index contributed by atoms with van der Waals surface area (Å²) in [6.07, 6.45) is 8.52. The summed E-state index contributed by atoms with van der Waals surface area (Å²) in [6.45, 7) is 7.13. The molecule has 0 saturated carbocycles. The maximum Gasteiger partial charge on any atom is 0.341 e. The average Bonchev–Trinajstić information content (AvgIpc) is 3.65. The third-order valence-corrected chi connectivity index (χ3v) is 10.8. The molecule has 0 aliphatic heterocycles. The van der Waals surface area contributed by atoms with Gasteiger partial charge >= 0.3 is 6.03 Å². The Bertz CT molecular complexity index is 1690. The van der Waals surface area contributed by atoms with Crippen LogP contribution in [0.4, 0.5) is 16.3 Å². The van der Waals surface area contributed by atoms with Gasteiger partial charge in [-0.15, -0.1) is 0 Å². The van der Waals surface area contributed by atoms with Crippen molar-refractivity contribution < 1.29 is 21.6 Å². The number of nitrogens with two attached hydrogens (primary N) is 1. The van der Waals surface area contributed by atoms with Crippen LogP contribution < -0.4 is 14.8 Å². The number of amides is 2. The lowest BCUT2D eigenvalue weighted by molar-refractivity contribution is 0.259. The molecule has 0 unspecified atom stereocenters. The number of anilines is 2. The average molecular weight is 655 g/mol. The Kier molecular flexibility index (Phi) is 7.38. The minimum absolute atomic E-state index is 0.153. The summed E-state index contributed by atoms with van der Waals surface area (Å²) in [5.41, 5.74) is 4.73. The lowest BCUT2D eigenvalue weighted by atomic mass is 9.98. The van der Waals surface area contributed by atoms with E-state index in [0.29, 0.717) is 9.99 Å². The predicted octanol–water partition coefficient (Wildman–Crippen LogP) is 4.06. The number of primary sulfonamides is 1. The molecule has 2 amide bonds. The van der Waals surface area contributed by atoms with E-state index < -0.39 is 36.8 Å². The number of carbonyl (C=O) groups excluding carboxylic acids is 1. The van der Waals surface area contributed by atoms with E-state index in [9.17, 15) is 21.6 Å². The third kappa shape index (κ3) is 4.86. The summed E-state index contributed by atoms with van der Waals surface area (Å²) in [5.74, 6) is -0.601. The Labute approximate surface area is 242 Å². The smallest absolute Gasteiger partial charge is 0.306 e. The number of sulfonamides is 2. The van der Waals surface area contributed by atoms with Gasteiger partial charge in [0.15, 0.2) is 5.82 Å². The van der Waals surface area contributed by atoms with E-state index in [-0.39, 0.29) is 17.0 Å². The van der Waals surface area contributed by atoms with Crippen molar-refractivity contribution >= 4 is 53.5 Å². The molecule has 0 radical (unpaired) electrons. The number of carbonyl (C=O) groups is 1. The maximum absolute atomic E-state index is 14.1. The molecule has 3 N–H and O–H groups in total. The zero-order valence-corrected chi connectivity index (χ0v) is 25.9.